The molecule has 8 nitrogen and oxygen atoms in total. The van der Waals surface area contributed by atoms with Gasteiger partial charge in [-0.2, -0.15) is 8.78 Å². The molecule has 1 amide bonds. The fourth-order valence-electron chi connectivity index (χ4n) is 2.30. The number of carbonyl (C=O) groups excluding carboxylic acids is 1. The van der Waals surface area contributed by atoms with Crippen LogP contribution in [0.3, 0.4) is 0 Å². The van der Waals surface area contributed by atoms with Crippen molar-refractivity contribution in [2.75, 3.05) is 26.2 Å². The van der Waals surface area contributed by atoms with Crippen LogP contribution >= 0.6 is 24.0 Å². The lowest BCUT2D eigenvalue weighted by molar-refractivity contribution is -0.0498. The van der Waals surface area contributed by atoms with E-state index in [1.165, 1.54) is 24.3 Å². The molecule has 11 heteroatoms. The zero-order chi connectivity index (χ0) is 22.6. The summed E-state index contributed by atoms with van der Waals surface area (Å²) in [5.41, 5.74) is 0.00221. The maximum atomic E-state index is 12.2. The molecule has 1 aromatic rings. The average molecular weight is 558 g/mol. The van der Waals surface area contributed by atoms with Gasteiger partial charge in [-0.15, -0.1) is 24.0 Å². The summed E-state index contributed by atoms with van der Waals surface area (Å²) in [5, 5.41) is 19.1. The van der Waals surface area contributed by atoms with E-state index in [1.54, 1.807) is 20.8 Å². The number of halogens is 3. The summed E-state index contributed by atoms with van der Waals surface area (Å²) in [6.45, 7) is 6.14. The lowest BCUT2D eigenvalue weighted by atomic mass is 10.1. The Balaban J connectivity index is 0.00000900. The predicted octanol–water partition coefficient (Wildman–Crippen LogP) is 3.41. The van der Waals surface area contributed by atoms with Crippen LogP contribution in [0.25, 0.3) is 0 Å². The van der Waals surface area contributed by atoms with Crippen LogP contribution in [0.5, 0.6) is 5.75 Å². The number of alkyl carbamates (subject to hydrolysis) is 1. The van der Waals surface area contributed by atoms with Crippen molar-refractivity contribution in [2.45, 2.75) is 52.4 Å². The number of rotatable bonds is 10. The van der Waals surface area contributed by atoms with Crippen molar-refractivity contribution in [1.82, 2.24) is 16.0 Å². The number of aliphatic hydroxyl groups excluding tert-OH is 1. The first-order valence-corrected chi connectivity index (χ1v) is 9.82. The predicted molar refractivity (Wildman–Crippen MR) is 126 cm³/mol. The zero-order valence-corrected chi connectivity index (χ0v) is 20.6. The molecule has 0 aliphatic rings. The van der Waals surface area contributed by atoms with Gasteiger partial charge in [0.25, 0.3) is 0 Å². The molecule has 0 saturated carbocycles. The van der Waals surface area contributed by atoms with Gasteiger partial charge in [-0.3, -0.25) is 4.99 Å². The number of hydrogen-bond acceptors (Lipinski definition) is 5. The fraction of sp³-hybridized carbons (Fsp3) is 0.600. The number of alkyl halides is 2. The van der Waals surface area contributed by atoms with Crippen molar-refractivity contribution >= 4 is 36.0 Å². The molecular weight excluding hydrogens is 525 g/mol. The van der Waals surface area contributed by atoms with Gasteiger partial charge in [0.15, 0.2) is 5.96 Å². The lowest BCUT2D eigenvalue weighted by Gasteiger charge is -2.19. The Morgan fingerprint density at radius 1 is 1.13 bits per heavy atom. The summed E-state index contributed by atoms with van der Waals surface area (Å²) < 4.78 is 33.8. The van der Waals surface area contributed by atoms with E-state index >= 15 is 0 Å². The molecule has 1 unspecified atom stereocenters. The minimum Gasteiger partial charge on any atom is -0.444 e. The minimum atomic E-state index is -2.89. The molecule has 0 aromatic heterocycles. The van der Waals surface area contributed by atoms with E-state index in [4.69, 9.17) is 4.74 Å². The highest BCUT2D eigenvalue weighted by atomic mass is 127. The first-order valence-electron chi connectivity index (χ1n) is 9.82. The van der Waals surface area contributed by atoms with Crippen molar-refractivity contribution in [1.29, 1.82) is 0 Å². The number of amides is 1. The number of guanidine groups is 1. The van der Waals surface area contributed by atoms with Crippen molar-refractivity contribution in [3.05, 3.63) is 29.8 Å². The van der Waals surface area contributed by atoms with E-state index in [-0.39, 0.29) is 36.3 Å². The number of hydrogen-bond donors (Lipinski definition) is 4. The second kappa shape index (κ2) is 15.0. The second-order valence-electron chi connectivity index (χ2n) is 7.39. The molecule has 178 valence electrons. The largest absolute Gasteiger partial charge is 0.444 e. The molecule has 31 heavy (non-hydrogen) atoms. The third-order valence-corrected chi connectivity index (χ3v) is 3.57. The van der Waals surface area contributed by atoms with Gasteiger partial charge in [0.1, 0.15) is 11.4 Å². The van der Waals surface area contributed by atoms with E-state index in [1.807, 2.05) is 6.92 Å². The second-order valence-corrected chi connectivity index (χ2v) is 7.39. The highest BCUT2D eigenvalue weighted by Gasteiger charge is 2.15. The highest BCUT2D eigenvalue weighted by molar-refractivity contribution is 14.0. The summed E-state index contributed by atoms with van der Waals surface area (Å²) in [6.07, 6.45) is -0.705. The smallest absolute Gasteiger partial charge is 0.407 e. The Labute approximate surface area is 199 Å². The monoisotopic (exact) mass is 558 g/mol. The van der Waals surface area contributed by atoms with Gasteiger partial charge in [0.2, 0.25) is 0 Å². The van der Waals surface area contributed by atoms with Crippen molar-refractivity contribution in [3.8, 4) is 5.75 Å². The molecule has 1 aromatic carbocycles. The molecule has 1 atom stereocenters. The van der Waals surface area contributed by atoms with Crippen LogP contribution < -0.4 is 20.7 Å². The fourth-order valence-corrected chi connectivity index (χ4v) is 2.30. The number of nitrogens with one attached hydrogen (secondary N) is 3. The van der Waals surface area contributed by atoms with Gasteiger partial charge in [-0.05, 0) is 51.8 Å². The molecule has 0 spiro atoms. The number of carbonyl (C=O) groups is 1. The number of ether oxygens (including phenoxy) is 2. The molecule has 1 rings (SSSR count). The minimum absolute atomic E-state index is 0. The van der Waals surface area contributed by atoms with Crippen LogP contribution in [-0.4, -0.2) is 55.6 Å². The van der Waals surface area contributed by atoms with E-state index in [0.29, 0.717) is 37.6 Å². The Morgan fingerprint density at radius 2 is 1.74 bits per heavy atom. The van der Waals surface area contributed by atoms with Crippen LogP contribution in [0.2, 0.25) is 0 Å². The summed E-state index contributed by atoms with van der Waals surface area (Å²) in [5.74, 6) is 0.547. The SMILES string of the molecule is CCNC(=NCC(O)c1ccc(OC(F)F)cc1)NCCCNC(=O)OC(C)(C)C.I. The Hall–Kier alpha value is -1.89. The molecular formula is C20H33F2IN4O4. The van der Waals surface area contributed by atoms with E-state index in [2.05, 4.69) is 25.7 Å². The Morgan fingerprint density at radius 3 is 2.29 bits per heavy atom. The quantitative estimate of drug-likeness (QED) is 0.152. The number of aliphatic hydroxyl groups is 1. The zero-order valence-electron chi connectivity index (χ0n) is 18.3. The summed E-state index contributed by atoms with van der Waals surface area (Å²) in [4.78, 5) is 15.9. The molecule has 0 fully saturated rings. The van der Waals surface area contributed by atoms with Crippen molar-refractivity contribution in [3.63, 3.8) is 0 Å². The molecule has 0 bridgehead atoms. The topological polar surface area (TPSA) is 104 Å². The summed E-state index contributed by atoms with van der Waals surface area (Å²) in [7, 11) is 0. The summed E-state index contributed by atoms with van der Waals surface area (Å²) in [6, 6.07) is 5.77. The maximum absolute atomic E-state index is 12.2. The third kappa shape index (κ3) is 13.9. The Kier molecular flexibility index (Phi) is 14.1. The molecule has 0 radical (unpaired) electrons. The number of benzene rings is 1. The average Bonchev–Trinajstić information content (AvgIpc) is 2.64. The molecule has 0 aliphatic carbocycles. The maximum Gasteiger partial charge on any atom is 0.407 e. The van der Waals surface area contributed by atoms with Gasteiger partial charge in [-0.1, -0.05) is 12.1 Å². The molecule has 4 N–H and O–H groups in total. The lowest BCUT2D eigenvalue weighted by Crippen LogP contribution is -2.39. The first kappa shape index (κ1) is 29.1. The van der Waals surface area contributed by atoms with Crippen LogP contribution in [0.4, 0.5) is 13.6 Å². The van der Waals surface area contributed by atoms with Crippen LogP contribution in [-0.2, 0) is 4.74 Å². The first-order chi connectivity index (χ1) is 14.1. The standard InChI is InChI=1S/C20H32F2N4O4.HI/c1-5-23-18(24-11-6-12-25-19(28)30-20(2,3)4)26-13-16(27)14-7-9-15(10-8-14)29-17(21)22;/h7-10,16-17,27H,5-6,11-13H2,1-4H3,(H,25,28)(H2,23,24,26);1H. The van der Waals surface area contributed by atoms with Gasteiger partial charge in [-0.25, -0.2) is 4.79 Å². The van der Waals surface area contributed by atoms with Crippen LogP contribution in [0.1, 0.15) is 45.8 Å². The number of nitrogens with zero attached hydrogens (tertiary/aromatic N) is 1. The molecule has 0 aliphatic heterocycles. The van der Waals surface area contributed by atoms with Gasteiger partial charge >= 0.3 is 12.7 Å². The normalized spacial score (nSPS) is 12.6. The van der Waals surface area contributed by atoms with Gasteiger partial charge in [0, 0.05) is 19.6 Å². The van der Waals surface area contributed by atoms with Crippen molar-refractivity contribution in [2.24, 2.45) is 4.99 Å². The molecule has 0 heterocycles. The van der Waals surface area contributed by atoms with Gasteiger partial charge in [0.05, 0.1) is 12.6 Å². The van der Waals surface area contributed by atoms with E-state index in [0.717, 1.165) is 0 Å². The van der Waals surface area contributed by atoms with Crippen molar-refractivity contribution < 1.29 is 28.2 Å². The molecule has 0 saturated heterocycles. The van der Waals surface area contributed by atoms with Gasteiger partial charge < -0.3 is 30.5 Å². The highest BCUT2D eigenvalue weighted by Crippen LogP contribution is 2.19. The van der Waals surface area contributed by atoms with E-state index < -0.39 is 24.4 Å². The van der Waals surface area contributed by atoms with Crippen LogP contribution in [0, 0.1) is 0 Å². The Bertz CT molecular complexity index is 670. The number of aliphatic imine (C=N–C) groups is 1. The third-order valence-electron chi connectivity index (χ3n) is 3.57. The van der Waals surface area contributed by atoms with Crippen LogP contribution in [0.15, 0.2) is 29.3 Å². The van der Waals surface area contributed by atoms with E-state index in [9.17, 15) is 18.7 Å². The summed E-state index contributed by atoms with van der Waals surface area (Å²) >= 11 is 0.